The summed E-state index contributed by atoms with van der Waals surface area (Å²) in [6.45, 7) is 5.06. The molecule has 0 aromatic carbocycles. The van der Waals surface area contributed by atoms with Crippen molar-refractivity contribution >= 4 is 21.8 Å². The SMILES string of the molecule is CC(C)C(Br)CNC(=O)C1CCCC1. The van der Waals surface area contributed by atoms with Gasteiger partial charge < -0.3 is 5.32 Å². The molecule has 82 valence electrons. The fraction of sp³-hybridized carbons (Fsp3) is 0.909. The van der Waals surface area contributed by atoms with Gasteiger partial charge in [0.05, 0.1) is 0 Å². The van der Waals surface area contributed by atoms with E-state index < -0.39 is 0 Å². The highest BCUT2D eigenvalue weighted by atomic mass is 79.9. The van der Waals surface area contributed by atoms with Gasteiger partial charge in [0.25, 0.3) is 0 Å². The number of nitrogens with one attached hydrogen (secondary N) is 1. The Kier molecular flexibility index (Phi) is 4.93. The standard InChI is InChI=1S/C11H20BrNO/c1-8(2)10(12)7-13-11(14)9-5-3-4-6-9/h8-10H,3-7H2,1-2H3,(H,13,14). The number of amides is 1. The van der Waals surface area contributed by atoms with Crippen LogP contribution in [-0.2, 0) is 4.79 Å². The predicted octanol–water partition coefficient (Wildman–Crippen LogP) is 2.71. The molecule has 0 heterocycles. The Hall–Kier alpha value is -0.0500. The Bertz CT molecular complexity index is 188. The molecule has 1 unspecified atom stereocenters. The fourth-order valence-electron chi connectivity index (χ4n) is 1.77. The number of hydrogen-bond acceptors (Lipinski definition) is 1. The highest BCUT2D eigenvalue weighted by Crippen LogP contribution is 2.24. The van der Waals surface area contributed by atoms with Gasteiger partial charge in [-0.3, -0.25) is 4.79 Å². The molecule has 0 bridgehead atoms. The summed E-state index contributed by atoms with van der Waals surface area (Å²) in [5.74, 6) is 1.12. The van der Waals surface area contributed by atoms with Crippen LogP contribution in [0.3, 0.4) is 0 Å². The molecule has 1 amide bonds. The van der Waals surface area contributed by atoms with Gasteiger partial charge in [-0.25, -0.2) is 0 Å². The van der Waals surface area contributed by atoms with Crippen LogP contribution < -0.4 is 5.32 Å². The molecule has 0 saturated heterocycles. The van der Waals surface area contributed by atoms with Crippen LogP contribution in [0.15, 0.2) is 0 Å². The summed E-state index contributed by atoms with van der Waals surface area (Å²) in [5.41, 5.74) is 0. The maximum Gasteiger partial charge on any atom is 0.223 e. The number of carbonyl (C=O) groups excluding carboxylic acids is 1. The Morgan fingerprint density at radius 3 is 2.50 bits per heavy atom. The molecule has 0 radical (unpaired) electrons. The van der Waals surface area contributed by atoms with Gasteiger partial charge in [0.1, 0.15) is 0 Å². The van der Waals surface area contributed by atoms with E-state index in [2.05, 4.69) is 35.1 Å². The molecule has 0 aromatic rings. The molecule has 1 aliphatic carbocycles. The van der Waals surface area contributed by atoms with E-state index in [1.54, 1.807) is 0 Å². The molecule has 1 rings (SSSR count). The van der Waals surface area contributed by atoms with Crippen molar-refractivity contribution in [2.24, 2.45) is 11.8 Å². The zero-order valence-electron chi connectivity index (χ0n) is 9.05. The first-order valence-corrected chi connectivity index (χ1v) is 6.44. The third kappa shape index (κ3) is 3.60. The maximum atomic E-state index is 11.6. The number of carbonyl (C=O) groups is 1. The first kappa shape index (κ1) is 12.0. The largest absolute Gasteiger partial charge is 0.355 e. The van der Waals surface area contributed by atoms with Crippen LogP contribution in [-0.4, -0.2) is 17.3 Å². The third-order valence-electron chi connectivity index (χ3n) is 2.92. The van der Waals surface area contributed by atoms with E-state index in [4.69, 9.17) is 0 Å². The van der Waals surface area contributed by atoms with Crippen LogP contribution in [0.4, 0.5) is 0 Å². The molecule has 1 atom stereocenters. The summed E-state index contributed by atoms with van der Waals surface area (Å²) in [4.78, 5) is 12.0. The second-order valence-corrected chi connectivity index (χ2v) is 5.66. The minimum absolute atomic E-state index is 0.257. The van der Waals surface area contributed by atoms with Crippen LogP contribution in [0.5, 0.6) is 0 Å². The van der Waals surface area contributed by atoms with Crippen molar-refractivity contribution in [1.29, 1.82) is 0 Å². The number of rotatable bonds is 4. The average Bonchev–Trinajstić information content (AvgIpc) is 2.66. The fourth-order valence-corrected chi connectivity index (χ4v) is 1.93. The normalized spacial score (nSPS) is 20.0. The van der Waals surface area contributed by atoms with Gasteiger partial charge in [-0.15, -0.1) is 0 Å². The summed E-state index contributed by atoms with van der Waals surface area (Å²) in [6.07, 6.45) is 4.61. The third-order valence-corrected chi connectivity index (χ3v) is 4.30. The molecule has 2 nitrogen and oxygen atoms in total. The zero-order chi connectivity index (χ0) is 10.6. The molecular formula is C11H20BrNO. The number of alkyl halides is 1. The lowest BCUT2D eigenvalue weighted by Crippen LogP contribution is -2.35. The van der Waals surface area contributed by atoms with Gasteiger partial charge in [-0.05, 0) is 18.8 Å². The van der Waals surface area contributed by atoms with Gasteiger partial charge in [0.15, 0.2) is 0 Å². The maximum absolute atomic E-state index is 11.6. The lowest BCUT2D eigenvalue weighted by atomic mass is 10.1. The Morgan fingerprint density at radius 2 is 2.00 bits per heavy atom. The van der Waals surface area contributed by atoms with Crippen molar-refractivity contribution in [1.82, 2.24) is 5.32 Å². The molecular weight excluding hydrogens is 242 g/mol. The van der Waals surface area contributed by atoms with Crippen LogP contribution in [0, 0.1) is 11.8 Å². The highest BCUT2D eigenvalue weighted by Gasteiger charge is 2.22. The Morgan fingerprint density at radius 1 is 1.43 bits per heavy atom. The van der Waals surface area contributed by atoms with E-state index >= 15 is 0 Å². The van der Waals surface area contributed by atoms with E-state index in [1.807, 2.05) is 0 Å². The highest BCUT2D eigenvalue weighted by molar-refractivity contribution is 9.09. The predicted molar refractivity (Wildman–Crippen MR) is 62.5 cm³/mol. The summed E-state index contributed by atoms with van der Waals surface area (Å²) < 4.78 is 0. The average molecular weight is 262 g/mol. The van der Waals surface area contributed by atoms with Gasteiger partial charge in [-0.2, -0.15) is 0 Å². The summed E-state index contributed by atoms with van der Waals surface area (Å²) in [6, 6.07) is 0. The second-order valence-electron chi connectivity index (χ2n) is 4.49. The summed E-state index contributed by atoms with van der Waals surface area (Å²) in [5, 5.41) is 3.02. The van der Waals surface area contributed by atoms with Crippen LogP contribution in [0.25, 0.3) is 0 Å². The summed E-state index contributed by atoms with van der Waals surface area (Å²) in [7, 11) is 0. The van der Waals surface area contributed by atoms with Crippen LogP contribution >= 0.6 is 15.9 Å². The topological polar surface area (TPSA) is 29.1 Å². The molecule has 3 heteroatoms. The number of hydrogen-bond donors (Lipinski definition) is 1. The first-order chi connectivity index (χ1) is 6.61. The van der Waals surface area contributed by atoms with Gasteiger partial charge in [0.2, 0.25) is 5.91 Å². The molecule has 0 spiro atoms. The molecule has 1 saturated carbocycles. The zero-order valence-corrected chi connectivity index (χ0v) is 10.6. The molecule has 14 heavy (non-hydrogen) atoms. The molecule has 1 fully saturated rings. The summed E-state index contributed by atoms with van der Waals surface area (Å²) >= 11 is 3.56. The van der Waals surface area contributed by atoms with Gasteiger partial charge in [-0.1, -0.05) is 42.6 Å². The van der Waals surface area contributed by atoms with Gasteiger partial charge >= 0.3 is 0 Å². The smallest absolute Gasteiger partial charge is 0.223 e. The molecule has 1 aliphatic rings. The van der Waals surface area contributed by atoms with Crippen LogP contribution in [0.2, 0.25) is 0 Å². The van der Waals surface area contributed by atoms with E-state index in [9.17, 15) is 4.79 Å². The lowest BCUT2D eigenvalue weighted by molar-refractivity contribution is -0.124. The quantitative estimate of drug-likeness (QED) is 0.775. The minimum atomic E-state index is 0.257. The van der Waals surface area contributed by atoms with E-state index in [-0.39, 0.29) is 5.91 Å². The van der Waals surface area contributed by atoms with Crippen LogP contribution in [0.1, 0.15) is 39.5 Å². The molecule has 0 aliphatic heterocycles. The van der Waals surface area contributed by atoms with Crippen molar-refractivity contribution in [2.75, 3.05) is 6.54 Å². The minimum Gasteiger partial charge on any atom is -0.355 e. The van der Waals surface area contributed by atoms with Crippen molar-refractivity contribution < 1.29 is 4.79 Å². The monoisotopic (exact) mass is 261 g/mol. The lowest BCUT2D eigenvalue weighted by Gasteiger charge is -2.16. The van der Waals surface area contributed by atoms with E-state index in [1.165, 1.54) is 12.8 Å². The Balaban J connectivity index is 2.20. The molecule has 0 aromatic heterocycles. The van der Waals surface area contributed by atoms with E-state index in [0.29, 0.717) is 16.7 Å². The van der Waals surface area contributed by atoms with Crippen molar-refractivity contribution in [2.45, 2.75) is 44.4 Å². The second kappa shape index (κ2) is 5.74. The van der Waals surface area contributed by atoms with E-state index in [0.717, 1.165) is 19.4 Å². The molecule has 1 N–H and O–H groups in total. The van der Waals surface area contributed by atoms with Crippen molar-refractivity contribution in [3.05, 3.63) is 0 Å². The number of halogens is 1. The Labute approximate surface area is 95.0 Å². The van der Waals surface area contributed by atoms with Gasteiger partial charge in [0, 0.05) is 17.3 Å². The van der Waals surface area contributed by atoms with Crippen molar-refractivity contribution in [3.8, 4) is 0 Å². The first-order valence-electron chi connectivity index (χ1n) is 5.53. The van der Waals surface area contributed by atoms with Crippen molar-refractivity contribution in [3.63, 3.8) is 0 Å².